The number of hydrogen-bond donors (Lipinski definition) is 0. The van der Waals surface area contributed by atoms with Crippen molar-refractivity contribution < 1.29 is 22.7 Å². The van der Waals surface area contributed by atoms with Crippen LogP contribution in [0.5, 0.6) is 0 Å². The number of rotatable bonds is 5. The van der Waals surface area contributed by atoms with E-state index < -0.39 is 24.6 Å². The van der Waals surface area contributed by atoms with Gasteiger partial charge in [0.2, 0.25) is 0 Å². The molecule has 1 aromatic carbocycles. The van der Waals surface area contributed by atoms with Crippen LogP contribution >= 0.6 is 0 Å². The molecule has 5 nitrogen and oxygen atoms in total. The molecule has 0 saturated heterocycles. The molecule has 0 aliphatic carbocycles. The average molecular weight is 273 g/mol. The molecule has 0 spiro atoms. The third-order valence-electron chi connectivity index (χ3n) is 2.39. The summed E-state index contributed by atoms with van der Waals surface area (Å²) in [4.78, 5) is 13.5. The predicted molar refractivity (Wildman–Crippen MR) is 60.6 cm³/mol. The van der Waals surface area contributed by atoms with E-state index in [9.17, 15) is 18.0 Å². The van der Waals surface area contributed by atoms with Gasteiger partial charge in [-0.1, -0.05) is 17.2 Å². The van der Waals surface area contributed by atoms with Crippen molar-refractivity contribution in [2.75, 3.05) is 7.11 Å². The quantitative estimate of drug-likeness (QED) is 0.356. The minimum atomic E-state index is -3.27. The Bertz CT molecular complexity index is 486. The van der Waals surface area contributed by atoms with Crippen molar-refractivity contribution in [1.82, 2.24) is 0 Å². The van der Waals surface area contributed by atoms with Crippen LogP contribution in [0, 0.1) is 0 Å². The lowest BCUT2D eigenvalue weighted by Crippen LogP contribution is -2.20. The van der Waals surface area contributed by atoms with Crippen molar-refractivity contribution in [3.63, 3.8) is 0 Å². The molecular formula is C11H10F3N3O2. The Morgan fingerprint density at radius 2 is 1.89 bits per heavy atom. The number of carbonyl (C=O) groups excluding carboxylic acids is 1. The average Bonchev–Trinajstić information content (AvgIpc) is 2.43. The van der Waals surface area contributed by atoms with Crippen LogP contribution in [-0.4, -0.2) is 25.7 Å². The Balaban J connectivity index is 3.04. The smallest absolute Gasteiger partial charge is 0.337 e. The van der Waals surface area contributed by atoms with Crippen molar-refractivity contribution >= 4 is 5.97 Å². The zero-order chi connectivity index (χ0) is 14.4. The van der Waals surface area contributed by atoms with Gasteiger partial charge in [-0.2, -0.15) is 0 Å². The third kappa shape index (κ3) is 3.62. The van der Waals surface area contributed by atoms with Crippen molar-refractivity contribution in [2.45, 2.75) is 18.6 Å². The number of halogens is 3. The van der Waals surface area contributed by atoms with Crippen LogP contribution in [0.25, 0.3) is 10.4 Å². The molecule has 2 atom stereocenters. The second kappa shape index (κ2) is 6.65. The first-order chi connectivity index (χ1) is 9.01. The van der Waals surface area contributed by atoms with Gasteiger partial charge in [0.25, 0.3) is 6.43 Å². The van der Waals surface area contributed by atoms with Crippen molar-refractivity contribution in [2.24, 2.45) is 5.11 Å². The molecule has 19 heavy (non-hydrogen) atoms. The van der Waals surface area contributed by atoms with Crippen LogP contribution in [-0.2, 0) is 4.74 Å². The fraction of sp³-hybridized carbons (Fsp3) is 0.364. The SMILES string of the molecule is COC(=O)c1ccc(C(N=[N+]=[N-])C(F)C(F)F)cc1. The Kier molecular flexibility index (Phi) is 5.20. The summed E-state index contributed by atoms with van der Waals surface area (Å²) in [6.45, 7) is 0. The van der Waals surface area contributed by atoms with Gasteiger partial charge in [-0.3, -0.25) is 0 Å². The molecule has 0 radical (unpaired) electrons. The predicted octanol–water partition coefficient (Wildman–Crippen LogP) is 3.43. The van der Waals surface area contributed by atoms with Crippen LogP contribution in [0.4, 0.5) is 13.2 Å². The first-order valence-electron chi connectivity index (χ1n) is 5.16. The monoisotopic (exact) mass is 273 g/mol. The van der Waals surface area contributed by atoms with Gasteiger partial charge >= 0.3 is 5.97 Å². The molecule has 0 saturated carbocycles. The minimum Gasteiger partial charge on any atom is -0.465 e. The molecule has 0 aliphatic heterocycles. The summed E-state index contributed by atoms with van der Waals surface area (Å²) in [5.41, 5.74) is 8.52. The van der Waals surface area contributed by atoms with E-state index in [1.807, 2.05) is 0 Å². The summed E-state index contributed by atoms with van der Waals surface area (Å²) < 4.78 is 42.4. The molecule has 0 bridgehead atoms. The van der Waals surface area contributed by atoms with Crippen molar-refractivity contribution in [3.05, 3.63) is 45.8 Å². The molecular weight excluding hydrogens is 263 g/mol. The van der Waals surface area contributed by atoms with Crippen LogP contribution < -0.4 is 0 Å². The molecule has 0 amide bonds. The summed E-state index contributed by atoms with van der Waals surface area (Å²) in [5.74, 6) is -0.613. The number of azide groups is 1. The van der Waals surface area contributed by atoms with Gasteiger partial charge in [0.1, 0.15) is 0 Å². The fourth-order valence-electron chi connectivity index (χ4n) is 1.44. The third-order valence-corrected chi connectivity index (χ3v) is 2.39. The van der Waals surface area contributed by atoms with E-state index in [-0.39, 0.29) is 11.1 Å². The maximum Gasteiger partial charge on any atom is 0.337 e. The number of nitrogens with zero attached hydrogens (tertiary/aromatic N) is 3. The zero-order valence-electron chi connectivity index (χ0n) is 9.83. The highest BCUT2D eigenvalue weighted by molar-refractivity contribution is 5.89. The van der Waals surface area contributed by atoms with E-state index in [0.717, 1.165) is 0 Å². The fourth-order valence-corrected chi connectivity index (χ4v) is 1.44. The Morgan fingerprint density at radius 1 is 1.32 bits per heavy atom. The number of methoxy groups -OCH3 is 1. The number of alkyl halides is 3. The molecule has 8 heteroatoms. The topological polar surface area (TPSA) is 75.1 Å². The van der Waals surface area contributed by atoms with E-state index >= 15 is 0 Å². The molecule has 0 fully saturated rings. The highest BCUT2D eigenvalue weighted by Gasteiger charge is 2.30. The normalized spacial score (nSPS) is 13.5. The van der Waals surface area contributed by atoms with Gasteiger partial charge < -0.3 is 4.74 Å². The van der Waals surface area contributed by atoms with Crippen LogP contribution in [0.1, 0.15) is 22.0 Å². The molecule has 1 rings (SSSR count). The van der Waals surface area contributed by atoms with E-state index in [4.69, 9.17) is 5.53 Å². The van der Waals surface area contributed by atoms with Gasteiger partial charge in [0.15, 0.2) is 6.17 Å². The first kappa shape index (κ1) is 14.8. The molecule has 2 unspecified atom stereocenters. The highest BCUT2D eigenvalue weighted by Crippen LogP contribution is 2.28. The van der Waals surface area contributed by atoms with Gasteiger partial charge in [0, 0.05) is 4.91 Å². The number of benzene rings is 1. The Morgan fingerprint density at radius 3 is 2.32 bits per heavy atom. The minimum absolute atomic E-state index is 0.0539. The molecule has 0 aliphatic rings. The van der Waals surface area contributed by atoms with E-state index in [1.54, 1.807) is 0 Å². The lowest BCUT2D eigenvalue weighted by atomic mass is 10.0. The standard InChI is InChI=1S/C11H10F3N3O2/c1-19-11(18)7-4-2-6(3-5-7)9(16-17-15)8(12)10(13)14/h2-5,8-10H,1H3. The van der Waals surface area contributed by atoms with E-state index in [2.05, 4.69) is 14.8 Å². The largest absolute Gasteiger partial charge is 0.465 e. The van der Waals surface area contributed by atoms with Gasteiger partial charge in [-0.25, -0.2) is 18.0 Å². The maximum atomic E-state index is 13.3. The highest BCUT2D eigenvalue weighted by atomic mass is 19.3. The van der Waals surface area contributed by atoms with Gasteiger partial charge in [-0.15, -0.1) is 0 Å². The number of esters is 1. The zero-order valence-corrected chi connectivity index (χ0v) is 9.83. The van der Waals surface area contributed by atoms with Crippen LogP contribution in [0.2, 0.25) is 0 Å². The summed E-state index contributed by atoms with van der Waals surface area (Å²) >= 11 is 0. The first-order valence-corrected chi connectivity index (χ1v) is 5.16. The van der Waals surface area contributed by atoms with Crippen molar-refractivity contribution in [3.8, 4) is 0 Å². The van der Waals surface area contributed by atoms with Crippen LogP contribution in [0.15, 0.2) is 29.4 Å². The van der Waals surface area contributed by atoms with Crippen LogP contribution in [0.3, 0.4) is 0 Å². The lowest BCUT2D eigenvalue weighted by Gasteiger charge is -2.16. The molecule has 1 aromatic rings. The summed E-state index contributed by atoms with van der Waals surface area (Å²) in [5, 5.41) is 3.02. The second-order valence-electron chi connectivity index (χ2n) is 3.54. The maximum absolute atomic E-state index is 13.3. The Labute approximate surface area is 106 Å². The molecule has 0 aromatic heterocycles. The number of ether oxygens (including phenoxy) is 1. The van der Waals surface area contributed by atoms with E-state index in [1.165, 1.54) is 31.4 Å². The van der Waals surface area contributed by atoms with E-state index in [0.29, 0.717) is 0 Å². The Hall–Kier alpha value is -2.21. The second-order valence-corrected chi connectivity index (χ2v) is 3.54. The molecule has 0 N–H and O–H groups in total. The van der Waals surface area contributed by atoms with Gasteiger partial charge in [0.05, 0.1) is 18.7 Å². The number of carbonyl (C=O) groups is 1. The summed E-state index contributed by atoms with van der Waals surface area (Å²) in [6.07, 6.45) is -5.88. The van der Waals surface area contributed by atoms with Crippen molar-refractivity contribution in [1.29, 1.82) is 0 Å². The molecule has 0 heterocycles. The lowest BCUT2D eigenvalue weighted by molar-refractivity contribution is 0.0355. The number of hydrogen-bond acceptors (Lipinski definition) is 3. The van der Waals surface area contributed by atoms with Gasteiger partial charge in [-0.05, 0) is 23.2 Å². The summed E-state index contributed by atoms with van der Waals surface area (Å²) in [6, 6.07) is 3.39. The summed E-state index contributed by atoms with van der Waals surface area (Å²) in [7, 11) is 1.19. The molecule has 102 valence electrons.